The normalized spacial score (nSPS) is 16.6. The van der Waals surface area contributed by atoms with Crippen molar-refractivity contribution in [3.63, 3.8) is 0 Å². The SMILES string of the molecule is O=c1[nH]c(CSC2CCOCC2)nc2c(Cl)cccc12. The van der Waals surface area contributed by atoms with Crippen LogP contribution in [0.15, 0.2) is 23.0 Å². The molecule has 6 heteroatoms. The van der Waals surface area contributed by atoms with E-state index in [1.54, 1.807) is 18.2 Å². The summed E-state index contributed by atoms with van der Waals surface area (Å²) in [7, 11) is 0. The Morgan fingerprint density at radius 1 is 1.40 bits per heavy atom. The van der Waals surface area contributed by atoms with E-state index in [2.05, 4.69) is 9.97 Å². The number of fused-ring (bicyclic) bond motifs is 1. The molecule has 0 amide bonds. The van der Waals surface area contributed by atoms with E-state index >= 15 is 0 Å². The van der Waals surface area contributed by atoms with Gasteiger partial charge in [-0.15, -0.1) is 0 Å². The smallest absolute Gasteiger partial charge is 0.258 e. The van der Waals surface area contributed by atoms with E-state index in [1.165, 1.54) is 0 Å². The molecule has 4 nitrogen and oxygen atoms in total. The standard InChI is InChI=1S/C14H15ClN2O2S/c15-11-3-1-2-10-13(11)16-12(17-14(10)18)8-20-9-4-6-19-7-5-9/h1-3,9H,4-8H2,(H,16,17,18). The van der Waals surface area contributed by atoms with E-state index < -0.39 is 0 Å². The summed E-state index contributed by atoms with van der Waals surface area (Å²) < 4.78 is 5.34. The number of H-pyrrole nitrogens is 1. The number of nitrogens with one attached hydrogen (secondary N) is 1. The Morgan fingerprint density at radius 2 is 2.20 bits per heavy atom. The molecule has 1 aliphatic heterocycles. The Labute approximate surface area is 125 Å². The minimum absolute atomic E-state index is 0.125. The minimum Gasteiger partial charge on any atom is -0.381 e. The Morgan fingerprint density at radius 3 is 3.00 bits per heavy atom. The fourth-order valence-electron chi connectivity index (χ4n) is 2.28. The van der Waals surface area contributed by atoms with Crippen molar-refractivity contribution in [2.75, 3.05) is 13.2 Å². The lowest BCUT2D eigenvalue weighted by molar-refractivity contribution is 0.1000. The van der Waals surface area contributed by atoms with Crippen LogP contribution in [0.4, 0.5) is 0 Å². The fraction of sp³-hybridized carbons (Fsp3) is 0.429. The first kappa shape index (κ1) is 13.9. The third-order valence-corrected chi connectivity index (χ3v) is 5.05. The number of aromatic nitrogens is 2. The van der Waals surface area contributed by atoms with Crippen molar-refractivity contribution in [1.82, 2.24) is 9.97 Å². The van der Waals surface area contributed by atoms with Crippen molar-refractivity contribution in [2.45, 2.75) is 23.8 Å². The van der Waals surface area contributed by atoms with Crippen molar-refractivity contribution in [2.24, 2.45) is 0 Å². The molecule has 0 bridgehead atoms. The summed E-state index contributed by atoms with van der Waals surface area (Å²) in [6.45, 7) is 1.65. The first-order chi connectivity index (χ1) is 9.74. The van der Waals surface area contributed by atoms with Crippen LogP contribution in [0.25, 0.3) is 10.9 Å². The van der Waals surface area contributed by atoms with Crippen LogP contribution in [0, 0.1) is 0 Å². The van der Waals surface area contributed by atoms with Gasteiger partial charge in [-0.1, -0.05) is 17.7 Å². The summed E-state index contributed by atoms with van der Waals surface area (Å²) in [5, 5.41) is 1.64. The number of benzene rings is 1. The summed E-state index contributed by atoms with van der Waals surface area (Å²) in [5.41, 5.74) is 0.459. The van der Waals surface area contributed by atoms with Gasteiger partial charge < -0.3 is 9.72 Å². The highest BCUT2D eigenvalue weighted by molar-refractivity contribution is 7.99. The van der Waals surface area contributed by atoms with Gasteiger partial charge >= 0.3 is 0 Å². The third-order valence-electron chi connectivity index (χ3n) is 3.36. The molecule has 1 aromatic heterocycles. The number of aromatic amines is 1. The van der Waals surface area contributed by atoms with Crippen molar-refractivity contribution >= 4 is 34.3 Å². The van der Waals surface area contributed by atoms with Gasteiger partial charge in [0.2, 0.25) is 0 Å². The summed E-state index contributed by atoms with van der Waals surface area (Å²) in [6.07, 6.45) is 2.12. The van der Waals surface area contributed by atoms with Gasteiger partial charge in [-0.2, -0.15) is 11.8 Å². The maximum Gasteiger partial charge on any atom is 0.258 e. The second-order valence-electron chi connectivity index (χ2n) is 4.77. The molecule has 0 radical (unpaired) electrons. The van der Waals surface area contributed by atoms with Crippen molar-refractivity contribution in [3.8, 4) is 0 Å². The zero-order chi connectivity index (χ0) is 13.9. The van der Waals surface area contributed by atoms with Crippen LogP contribution in [0.2, 0.25) is 5.02 Å². The summed E-state index contributed by atoms with van der Waals surface area (Å²) in [4.78, 5) is 19.3. The molecule has 0 aliphatic carbocycles. The molecule has 1 aromatic carbocycles. The van der Waals surface area contributed by atoms with Gasteiger partial charge in [0, 0.05) is 18.5 Å². The lowest BCUT2D eigenvalue weighted by Crippen LogP contribution is -2.18. The number of rotatable bonds is 3. The van der Waals surface area contributed by atoms with Gasteiger partial charge in [0.25, 0.3) is 5.56 Å². The van der Waals surface area contributed by atoms with Crippen LogP contribution in [0.1, 0.15) is 18.7 Å². The number of nitrogens with zero attached hydrogens (tertiary/aromatic N) is 1. The van der Waals surface area contributed by atoms with Crippen LogP contribution in [-0.4, -0.2) is 28.4 Å². The molecule has 106 valence electrons. The second-order valence-corrected chi connectivity index (χ2v) is 6.47. The molecule has 1 saturated heterocycles. The maximum absolute atomic E-state index is 12.0. The molecule has 1 fully saturated rings. The minimum atomic E-state index is -0.125. The topological polar surface area (TPSA) is 55.0 Å². The highest BCUT2D eigenvalue weighted by atomic mass is 35.5. The van der Waals surface area contributed by atoms with Crippen molar-refractivity contribution < 1.29 is 4.74 Å². The molecule has 3 rings (SSSR count). The number of ether oxygens (including phenoxy) is 1. The number of hydrogen-bond donors (Lipinski definition) is 1. The molecule has 20 heavy (non-hydrogen) atoms. The van der Waals surface area contributed by atoms with Gasteiger partial charge in [0.05, 0.1) is 21.7 Å². The fourth-order valence-corrected chi connectivity index (χ4v) is 3.55. The molecule has 0 saturated carbocycles. The lowest BCUT2D eigenvalue weighted by atomic mass is 10.2. The van der Waals surface area contributed by atoms with Crippen LogP contribution >= 0.6 is 23.4 Å². The number of halogens is 1. The van der Waals surface area contributed by atoms with Crippen LogP contribution in [0.5, 0.6) is 0 Å². The zero-order valence-corrected chi connectivity index (χ0v) is 12.5. The number of thioether (sulfide) groups is 1. The van der Waals surface area contributed by atoms with Gasteiger partial charge in [-0.25, -0.2) is 4.98 Å². The first-order valence-corrected chi connectivity index (χ1v) is 8.03. The van der Waals surface area contributed by atoms with Crippen LogP contribution in [0.3, 0.4) is 0 Å². The zero-order valence-electron chi connectivity index (χ0n) is 10.9. The molecule has 0 spiro atoms. The van der Waals surface area contributed by atoms with Crippen LogP contribution in [-0.2, 0) is 10.5 Å². The average Bonchev–Trinajstić information content (AvgIpc) is 2.47. The van der Waals surface area contributed by atoms with E-state index in [1.807, 2.05) is 11.8 Å². The maximum atomic E-state index is 12.0. The van der Waals surface area contributed by atoms with E-state index in [4.69, 9.17) is 16.3 Å². The predicted octanol–water partition coefficient (Wildman–Crippen LogP) is 2.99. The van der Waals surface area contributed by atoms with E-state index in [-0.39, 0.29) is 5.56 Å². The molecule has 1 aliphatic rings. The molecule has 1 N–H and O–H groups in total. The Bertz CT molecular complexity index is 668. The van der Waals surface area contributed by atoms with Crippen molar-refractivity contribution in [1.29, 1.82) is 0 Å². The molecule has 0 unspecified atom stereocenters. The van der Waals surface area contributed by atoms with Crippen molar-refractivity contribution in [3.05, 3.63) is 39.4 Å². The Kier molecular flexibility index (Phi) is 4.29. The van der Waals surface area contributed by atoms with Gasteiger partial charge in [-0.05, 0) is 25.0 Å². The molecule has 2 heterocycles. The summed E-state index contributed by atoms with van der Waals surface area (Å²) in [6, 6.07) is 5.26. The largest absolute Gasteiger partial charge is 0.381 e. The van der Waals surface area contributed by atoms with E-state index in [0.29, 0.717) is 32.8 Å². The first-order valence-electron chi connectivity index (χ1n) is 6.61. The highest BCUT2D eigenvalue weighted by Gasteiger charge is 2.15. The molecule has 2 aromatic rings. The second kappa shape index (κ2) is 6.16. The lowest BCUT2D eigenvalue weighted by Gasteiger charge is -2.21. The summed E-state index contributed by atoms with van der Waals surface area (Å²) in [5.74, 6) is 1.38. The Hall–Kier alpha value is -1.04. The highest BCUT2D eigenvalue weighted by Crippen LogP contribution is 2.25. The van der Waals surface area contributed by atoms with Crippen LogP contribution < -0.4 is 5.56 Å². The van der Waals surface area contributed by atoms with Gasteiger partial charge in [-0.3, -0.25) is 4.79 Å². The Balaban J connectivity index is 1.81. The van der Waals surface area contributed by atoms with E-state index in [0.717, 1.165) is 26.1 Å². The van der Waals surface area contributed by atoms with E-state index in [9.17, 15) is 4.79 Å². The monoisotopic (exact) mass is 310 g/mol. The molecule has 0 atom stereocenters. The van der Waals surface area contributed by atoms with Gasteiger partial charge in [0.1, 0.15) is 5.82 Å². The predicted molar refractivity (Wildman–Crippen MR) is 82.5 cm³/mol. The molecular formula is C14H15ClN2O2S. The average molecular weight is 311 g/mol. The summed E-state index contributed by atoms with van der Waals surface area (Å²) >= 11 is 7.93. The number of para-hydroxylation sites is 1. The number of hydrogen-bond acceptors (Lipinski definition) is 4. The van der Waals surface area contributed by atoms with Gasteiger partial charge in [0.15, 0.2) is 0 Å². The quantitative estimate of drug-likeness (QED) is 0.947. The molecular weight excluding hydrogens is 296 g/mol. The third kappa shape index (κ3) is 3.00.